The van der Waals surface area contributed by atoms with Gasteiger partial charge in [-0.05, 0) is 36.4 Å². The lowest BCUT2D eigenvalue weighted by atomic mass is 10.0. The summed E-state index contributed by atoms with van der Waals surface area (Å²) in [7, 11) is 0. The van der Waals surface area contributed by atoms with Crippen molar-refractivity contribution in [2.24, 2.45) is 11.7 Å². The Morgan fingerprint density at radius 2 is 2.00 bits per heavy atom. The lowest BCUT2D eigenvalue weighted by Gasteiger charge is -2.18. The number of hydrogen-bond donors (Lipinski definition) is 2. The van der Waals surface area contributed by atoms with E-state index < -0.39 is 0 Å². The summed E-state index contributed by atoms with van der Waals surface area (Å²) in [6.45, 7) is 6.13. The van der Waals surface area contributed by atoms with Crippen LogP contribution in [0.5, 0.6) is 0 Å². The van der Waals surface area contributed by atoms with Gasteiger partial charge in [0.1, 0.15) is 11.0 Å². The van der Waals surface area contributed by atoms with Gasteiger partial charge in [-0.2, -0.15) is 4.37 Å². The first-order valence-corrected chi connectivity index (χ1v) is 7.84. The summed E-state index contributed by atoms with van der Waals surface area (Å²) in [5.74, 6) is 0.0676. The quantitative estimate of drug-likeness (QED) is 0.859. The van der Waals surface area contributed by atoms with Crippen LogP contribution in [0, 0.1) is 12.8 Å². The number of nitrogens with one attached hydrogen (secondary N) is 1. The summed E-state index contributed by atoms with van der Waals surface area (Å²) in [5, 5.41) is 4.18. The molecule has 0 aliphatic heterocycles. The summed E-state index contributed by atoms with van der Waals surface area (Å²) in [4.78, 5) is 11.6. The van der Waals surface area contributed by atoms with Gasteiger partial charge >= 0.3 is 0 Å². The Morgan fingerprint density at radius 1 is 1.33 bits per heavy atom. The summed E-state index contributed by atoms with van der Waals surface area (Å²) in [5.41, 5.74) is 8.62. The van der Waals surface area contributed by atoms with Gasteiger partial charge in [0, 0.05) is 5.56 Å². The minimum Gasteiger partial charge on any atom is -0.368 e. The average molecular weight is 303 g/mol. The van der Waals surface area contributed by atoms with Crippen LogP contribution in [0.25, 0.3) is 11.1 Å². The van der Waals surface area contributed by atoms with Crippen LogP contribution in [0.4, 0.5) is 5.00 Å². The van der Waals surface area contributed by atoms with E-state index >= 15 is 0 Å². The van der Waals surface area contributed by atoms with Gasteiger partial charge in [-0.15, -0.1) is 0 Å². The second kappa shape index (κ2) is 6.72. The molecule has 112 valence electrons. The molecule has 1 atom stereocenters. The molecule has 0 spiro atoms. The molecule has 0 saturated heterocycles. The molecular weight excluding hydrogens is 282 g/mol. The molecule has 0 aliphatic rings. The van der Waals surface area contributed by atoms with E-state index in [9.17, 15) is 4.79 Å². The first-order valence-electron chi connectivity index (χ1n) is 7.06. The highest BCUT2D eigenvalue weighted by molar-refractivity contribution is 7.11. The van der Waals surface area contributed by atoms with E-state index in [0.29, 0.717) is 12.3 Å². The third kappa shape index (κ3) is 3.82. The number of aryl methyl sites for hydroxylation is 1. The minimum absolute atomic E-state index is 0.325. The normalized spacial score (nSPS) is 12.4. The summed E-state index contributed by atoms with van der Waals surface area (Å²) >= 11 is 1.37. The van der Waals surface area contributed by atoms with E-state index in [1.54, 1.807) is 0 Å². The van der Waals surface area contributed by atoms with Crippen molar-refractivity contribution in [2.45, 2.75) is 33.2 Å². The molecule has 2 aromatic rings. The molecule has 0 radical (unpaired) electrons. The molecule has 3 N–H and O–H groups in total. The molecule has 5 heteroatoms. The maximum absolute atomic E-state index is 11.6. The summed E-state index contributed by atoms with van der Waals surface area (Å²) in [6, 6.07) is 9.70. The number of benzene rings is 1. The molecule has 1 heterocycles. The lowest BCUT2D eigenvalue weighted by molar-refractivity contribution is -0.119. The Hall–Kier alpha value is -1.88. The number of primary amides is 1. The number of nitrogens with zero attached hydrogens (tertiary/aromatic N) is 1. The number of carbonyl (C=O) groups excluding carboxylic acids is 1. The Kier molecular flexibility index (Phi) is 4.96. The van der Waals surface area contributed by atoms with Crippen LogP contribution in [-0.2, 0) is 4.79 Å². The highest BCUT2D eigenvalue weighted by atomic mass is 32.1. The van der Waals surface area contributed by atoms with Gasteiger partial charge in [-0.25, -0.2) is 0 Å². The Morgan fingerprint density at radius 3 is 2.57 bits per heavy atom. The van der Waals surface area contributed by atoms with E-state index in [-0.39, 0.29) is 11.9 Å². The van der Waals surface area contributed by atoms with Crippen LogP contribution in [0.1, 0.15) is 26.0 Å². The van der Waals surface area contributed by atoms with Crippen molar-refractivity contribution in [3.05, 3.63) is 36.0 Å². The SMILES string of the molecule is Cc1nsc(N[C@@H](CC(C)C)C(N)=O)c1-c1ccccc1. The maximum Gasteiger partial charge on any atom is 0.239 e. The molecule has 4 nitrogen and oxygen atoms in total. The monoisotopic (exact) mass is 303 g/mol. The van der Waals surface area contributed by atoms with Crippen molar-refractivity contribution >= 4 is 22.4 Å². The van der Waals surface area contributed by atoms with Gasteiger partial charge in [-0.1, -0.05) is 44.2 Å². The predicted molar refractivity (Wildman–Crippen MR) is 88.3 cm³/mol. The van der Waals surface area contributed by atoms with Gasteiger partial charge in [0.25, 0.3) is 0 Å². The van der Waals surface area contributed by atoms with Gasteiger partial charge < -0.3 is 11.1 Å². The molecule has 1 aromatic heterocycles. The van der Waals surface area contributed by atoms with Gasteiger partial charge in [0.2, 0.25) is 5.91 Å². The Labute approximate surface area is 129 Å². The highest BCUT2D eigenvalue weighted by Gasteiger charge is 2.21. The van der Waals surface area contributed by atoms with Crippen molar-refractivity contribution in [2.75, 3.05) is 5.32 Å². The van der Waals surface area contributed by atoms with Crippen LogP contribution in [0.15, 0.2) is 30.3 Å². The zero-order valence-electron chi connectivity index (χ0n) is 12.6. The highest BCUT2D eigenvalue weighted by Crippen LogP contribution is 2.35. The molecule has 21 heavy (non-hydrogen) atoms. The number of carbonyl (C=O) groups is 1. The van der Waals surface area contributed by atoms with Crippen LogP contribution in [0.3, 0.4) is 0 Å². The number of hydrogen-bond acceptors (Lipinski definition) is 4. The molecule has 1 amide bonds. The standard InChI is InChI=1S/C16H21N3OS/c1-10(2)9-13(15(17)20)18-16-14(11(3)19-21-16)12-7-5-4-6-8-12/h4-8,10,13,18H,9H2,1-3H3,(H2,17,20)/t13-/m0/s1. The molecule has 0 unspecified atom stereocenters. The Bertz CT molecular complexity index is 607. The summed E-state index contributed by atoms with van der Waals surface area (Å²) < 4.78 is 4.41. The maximum atomic E-state index is 11.6. The van der Waals surface area contributed by atoms with E-state index in [4.69, 9.17) is 5.73 Å². The first kappa shape index (κ1) is 15.5. The predicted octanol–water partition coefficient (Wildman–Crippen LogP) is 3.43. The number of nitrogens with two attached hydrogens (primary N) is 1. The van der Waals surface area contributed by atoms with Crippen LogP contribution in [0.2, 0.25) is 0 Å². The van der Waals surface area contributed by atoms with Crippen molar-refractivity contribution in [3.63, 3.8) is 0 Å². The average Bonchev–Trinajstić information content (AvgIpc) is 2.79. The number of rotatable bonds is 6. The van der Waals surface area contributed by atoms with E-state index in [2.05, 4.69) is 23.5 Å². The Balaban J connectivity index is 2.31. The van der Waals surface area contributed by atoms with Crippen molar-refractivity contribution in [1.29, 1.82) is 0 Å². The largest absolute Gasteiger partial charge is 0.368 e. The van der Waals surface area contributed by atoms with Crippen LogP contribution >= 0.6 is 11.5 Å². The molecule has 2 rings (SSSR count). The second-order valence-electron chi connectivity index (χ2n) is 5.57. The third-order valence-electron chi connectivity index (χ3n) is 3.28. The smallest absolute Gasteiger partial charge is 0.239 e. The molecule has 0 bridgehead atoms. The number of amides is 1. The van der Waals surface area contributed by atoms with E-state index in [1.165, 1.54) is 11.5 Å². The topological polar surface area (TPSA) is 68.0 Å². The zero-order chi connectivity index (χ0) is 15.4. The third-order valence-corrected chi connectivity index (χ3v) is 4.15. The van der Waals surface area contributed by atoms with Crippen molar-refractivity contribution < 1.29 is 4.79 Å². The molecule has 0 fully saturated rings. The van der Waals surface area contributed by atoms with Gasteiger partial charge in [0.15, 0.2) is 0 Å². The number of anilines is 1. The van der Waals surface area contributed by atoms with Crippen LogP contribution in [-0.4, -0.2) is 16.3 Å². The molecule has 0 saturated carbocycles. The first-order chi connectivity index (χ1) is 9.99. The van der Waals surface area contributed by atoms with Gasteiger partial charge in [0.05, 0.1) is 5.69 Å². The van der Waals surface area contributed by atoms with Crippen molar-refractivity contribution in [1.82, 2.24) is 4.37 Å². The fraction of sp³-hybridized carbons (Fsp3) is 0.375. The van der Waals surface area contributed by atoms with Gasteiger partial charge in [-0.3, -0.25) is 4.79 Å². The second-order valence-corrected chi connectivity index (χ2v) is 6.34. The molecular formula is C16H21N3OS. The van der Waals surface area contributed by atoms with Crippen molar-refractivity contribution in [3.8, 4) is 11.1 Å². The molecule has 0 aliphatic carbocycles. The van der Waals surface area contributed by atoms with E-state index in [1.807, 2.05) is 37.3 Å². The fourth-order valence-corrected chi connectivity index (χ4v) is 3.16. The fourth-order valence-electron chi connectivity index (χ4n) is 2.29. The lowest BCUT2D eigenvalue weighted by Crippen LogP contribution is -2.36. The minimum atomic E-state index is -0.368. The number of aromatic nitrogens is 1. The van der Waals surface area contributed by atoms with E-state index in [0.717, 1.165) is 21.8 Å². The zero-order valence-corrected chi connectivity index (χ0v) is 13.4. The molecule has 1 aromatic carbocycles. The summed E-state index contributed by atoms with van der Waals surface area (Å²) in [6.07, 6.45) is 0.709. The van der Waals surface area contributed by atoms with Crippen LogP contribution < -0.4 is 11.1 Å².